The number of nitrogens with zero attached hydrogens (tertiary/aromatic N) is 1. The predicted molar refractivity (Wildman–Crippen MR) is 104 cm³/mol. The summed E-state index contributed by atoms with van der Waals surface area (Å²) in [6.07, 6.45) is 7.81. The molecule has 0 aromatic heterocycles. The van der Waals surface area contributed by atoms with Crippen LogP contribution in [0.15, 0.2) is 18.2 Å². The zero-order valence-electron chi connectivity index (χ0n) is 16.3. The van der Waals surface area contributed by atoms with E-state index < -0.39 is 0 Å². The lowest BCUT2D eigenvalue weighted by atomic mass is 9.74. The molecule has 3 fully saturated rings. The lowest BCUT2D eigenvalue weighted by molar-refractivity contribution is -0.139. The topological polar surface area (TPSA) is 41.6 Å². The van der Waals surface area contributed by atoms with Crippen molar-refractivity contribution in [3.05, 3.63) is 29.3 Å². The van der Waals surface area contributed by atoms with Crippen LogP contribution in [0, 0.1) is 12.3 Å². The van der Waals surface area contributed by atoms with Gasteiger partial charge in [-0.1, -0.05) is 25.0 Å². The Kier molecular flexibility index (Phi) is 4.72. The van der Waals surface area contributed by atoms with Gasteiger partial charge in [0.2, 0.25) is 5.91 Å². The molecule has 26 heavy (non-hydrogen) atoms. The molecule has 0 atom stereocenters. The highest BCUT2D eigenvalue weighted by Crippen LogP contribution is 2.45. The number of carbonyl (C=O) groups is 1. The fourth-order valence-corrected chi connectivity index (χ4v) is 5.43. The highest BCUT2D eigenvalue weighted by Gasteiger charge is 2.47. The highest BCUT2D eigenvalue weighted by atomic mass is 16.5. The van der Waals surface area contributed by atoms with Crippen LogP contribution in [0.5, 0.6) is 5.75 Å². The lowest BCUT2D eigenvalue weighted by Gasteiger charge is -2.42. The molecule has 1 aromatic carbocycles. The van der Waals surface area contributed by atoms with E-state index in [2.05, 4.69) is 35.3 Å². The molecule has 2 saturated heterocycles. The van der Waals surface area contributed by atoms with Gasteiger partial charge in [0.25, 0.3) is 0 Å². The Morgan fingerprint density at radius 2 is 1.85 bits per heavy atom. The van der Waals surface area contributed by atoms with Crippen LogP contribution in [-0.2, 0) is 10.2 Å². The van der Waals surface area contributed by atoms with Crippen LogP contribution in [-0.4, -0.2) is 44.1 Å². The Labute approximate surface area is 157 Å². The molecular formula is C22H32N2O2. The van der Waals surface area contributed by atoms with Gasteiger partial charge in [0, 0.05) is 19.6 Å². The number of rotatable bonds is 3. The molecular weight excluding hydrogens is 324 g/mol. The van der Waals surface area contributed by atoms with Gasteiger partial charge in [0.15, 0.2) is 0 Å². The molecule has 4 nitrogen and oxygen atoms in total. The summed E-state index contributed by atoms with van der Waals surface area (Å²) in [7, 11) is 1.72. The largest absolute Gasteiger partial charge is 0.496 e. The molecule has 142 valence electrons. The Bertz CT molecular complexity index is 663. The first kappa shape index (κ1) is 17.8. The van der Waals surface area contributed by atoms with E-state index in [9.17, 15) is 4.79 Å². The van der Waals surface area contributed by atoms with Crippen molar-refractivity contribution in [2.45, 2.75) is 57.3 Å². The Morgan fingerprint density at radius 1 is 1.12 bits per heavy atom. The summed E-state index contributed by atoms with van der Waals surface area (Å²) in [6, 6.07) is 6.38. The van der Waals surface area contributed by atoms with Crippen LogP contribution in [0.3, 0.4) is 0 Å². The van der Waals surface area contributed by atoms with Crippen molar-refractivity contribution in [3.63, 3.8) is 0 Å². The molecule has 0 radical (unpaired) electrons. The highest BCUT2D eigenvalue weighted by molar-refractivity contribution is 5.89. The van der Waals surface area contributed by atoms with Gasteiger partial charge < -0.3 is 15.0 Å². The fourth-order valence-electron chi connectivity index (χ4n) is 5.43. The third-order valence-electron chi connectivity index (χ3n) is 7.27. The molecule has 1 spiro atoms. The van der Waals surface area contributed by atoms with Crippen molar-refractivity contribution >= 4 is 5.91 Å². The number of hydrogen-bond donors (Lipinski definition) is 1. The van der Waals surface area contributed by atoms with E-state index in [0.29, 0.717) is 11.3 Å². The smallest absolute Gasteiger partial charge is 0.233 e. The summed E-state index contributed by atoms with van der Waals surface area (Å²) in [5, 5.41) is 3.52. The van der Waals surface area contributed by atoms with E-state index in [4.69, 9.17) is 4.74 Å². The SMILES string of the molecule is COc1cc(C2(C(=O)N3CCC4(CCNC4)CC3)CCCC2)ccc1C. The number of likely N-dealkylation sites (tertiary alicyclic amines) is 1. The monoisotopic (exact) mass is 356 g/mol. The number of carbonyl (C=O) groups excluding carboxylic acids is 1. The predicted octanol–water partition coefficient (Wildman–Crippen LogP) is 3.42. The average Bonchev–Trinajstić information content (AvgIpc) is 3.33. The van der Waals surface area contributed by atoms with Crippen LogP contribution in [0.4, 0.5) is 0 Å². The van der Waals surface area contributed by atoms with Gasteiger partial charge in [-0.15, -0.1) is 0 Å². The number of methoxy groups -OCH3 is 1. The molecule has 1 saturated carbocycles. The van der Waals surface area contributed by atoms with Crippen molar-refractivity contribution < 1.29 is 9.53 Å². The molecule has 1 N–H and O–H groups in total. The Hall–Kier alpha value is -1.55. The quantitative estimate of drug-likeness (QED) is 0.902. The van der Waals surface area contributed by atoms with Gasteiger partial charge in [-0.05, 0) is 68.2 Å². The van der Waals surface area contributed by atoms with Crippen molar-refractivity contribution in [2.24, 2.45) is 5.41 Å². The van der Waals surface area contributed by atoms with Crippen LogP contribution >= 0.6 is 0 Å². The summed E-state index contributed by atoms with van der Waals surface area (Å²) in [6.45, 7) is 6.18. The summed E-state index contributed by atoms with van der Waals surface area (Å²) in [4.78, 5) is 15.8. The first-order chi connectivity index (χ1) is 12.6. The molecule has 4 rings (SSSR count). The Morgan fingerprint density at radius 3 is 2.46 bits per heavy atom. The van der Waals surface area contributed by atoms with E-state index in [1.807, 2.05) is 0 Å². The fraction of sp³-hybridized carbons (Fsp3) is 0.682. The third-order valence-corrected chi connectivity index (χ3v) is 7.27. The van der Waals surface area contributed by atoms with Crippen LogP contribution in [0.1, 0.15) is 56.1 Å². The van der Waals surface area contributed by atoms with E-state index in [-0.39, 0.29) is 5.41 Å². The number of benzene rings is 1. The first-order valence-electron chi connectivity index (χ1n) is 10.2. The van der Waals surface area contributed by atoms with Gasteiger partial charge >= 0.3 is 0 Å². The van der Waals surface area contributed by atoms with Gasteiger partial charge in [-0.25, -0.2) is 0 Å². The summed E-state index contributed by atoms with van der Waals surface area (Å²) in [5.41, 5.74) is 2.40. The molecule has 3 aliphatic rings. The van der Waals surface area contributed by atoms with Crippen molar-refractivity contribution in [1.82, 2.24) is 10.2 Å². The molecule has 0 bridgehead atoms. The first-order valence-corrected chi connectivity index (χ1v) is 10.2. The molecule has 1 aliphatic carbocycles. The number of hydrogen-bond acceptors (Lipinski definition) is 3. The second-order valence-electron chi connectivity index (χ2n) is 8.69. The van der Waals surface area contributed by atoms with Crippen LogP contribution in [0.25, 0.3) is 0 Å². The van der Waals surface area contributed by atoms with Crippen LogP contribution < -0.4 is 10.1 Å². The third kappa shape index (κ3) is 2.92. The Balaban J connectivity index is 1.57. The minimum absolute atomic E-state index is 0.334. The average molecular weight is 357 g/mol. The van der Waals surface area contributed by atoms with Gasteiger partial charge in [-0.3, -0.25) is 4.79 Å². The lowest BCUT2D eigenvalue weighted by Crippen LogP contribution is -2.51. The maximum absolute atomic E-state index is 13.7. The maximum Gasteiger partial charge on any atom is 0.233 e. The second-order valence-corrected chi connectivity index (χ2v) is 8.69. The normalized spacial score (nSPS) is 24.2. The van der Waals surface area contributed by atoms with Crippen LogP contribution in [0.2, 0.25) is 0 Å². The standard InChI is InChI=1S/C22H32N2O2/c1-17-5-6-18(15-19(17)26-2)22(7-3-4-8-22)20(25)24-13-10-21(11-14-24)9-12-23-16-21/h5-6,15,23H,3-4,7-14,16H2,1-2H3. The minimum atomic E-state index is -0.334. The molecule has 2 aliphatic heterocycles. The number of piperidine rings is 1. The zero-order chi connectivity index (χ0) is 18.2. The number of aryl methyl sites for hydroxylation is 1. The summed E-state index contributed by atoms with van der Waals surface area (Å²) >= 11 is 0. The summed E-state index contributed by atoms with van der Waals surface area (Å²) < 4.78 is 5.55. The van der Waals surface area contributed by atoms with E-state index >= 15 is 0 Å². The summed E-state index contributed by atoms with van der Waals surface area (Å²) in [5.74, 6) is 1.26. The molecule has 0 unspecified atom stereocenters. The molecule has 4 heteroatoms. The number of ether oxygens (including phenoxy) is 1. The molecule has 1 aromatic rings. The maximum atomic E-state index is 13.7. The van der Waals surface area contributed by atoms with E-state index in [1.54, 1.807) is 7.11 Å². The second kappa shape index (κ2) is 6.88. The van der Waals surface area contributed by atoms with Gasteiger partial charge in [0.1, 0.15) is 5.75 Å². The zero-order valence-corrected chi connectivity index (χ0v) is 16.3. The minimum Gasteiger partial charge on any atom is -0.496 e. The molecule has 1 amide bonds. The van der Waals surface area contributed by atoms with E-state index in [1.165, 1.54) is 6.42 Å². The van der Waals surface area contributed by atoms with Crippen molar-refractivity contribution in [3.8, 4) is 5.75 Å². The van der Waals surface area contributed by atoms with Crippen molar-refractivity contribution in [1.29, 1.82) is 0 Å². The number of nitrogens with one attached hydrogen (secondary N) is 1. The van der Waals surface area contributed by atoms with E-state index in [0.717, 1.165) is 81.6 Å². The number of amides is 1. The molecule has 2 heterocycles. The van der Waals surface area contributed by atoms with Gasteiger partial charge in [-0.2, -0.15) is 0 Å². The van der Waals surface area contributed by atoms with Gasteiger partial charge in [0.05, 0.1) is 12.5 Å². The van der Waals surface area contributed by atoms with Crippen molar-refractivity contribution in [2.75, 3.05) is 33.3 Å².